The molecule has 12 heteroatoms. The number of rotatable bonds is 7. The molecule has 0 unspecified atom stereocenters. The second kappa shape index (κ2) is 8.68. The molecule has 1 N–H and O–H groups in total. The molecule has 1 fully saturated rings. The topological polar surface area (TPSA) is 137 Å². The van der Waals surface area contributed by atoms with E-state index in [0.29, 0.717) is 24.5 Å². The number of benzene rings is 1. The lowest BCUT2D eigenvalue weighted by Gasteiger charge is -2.26. The SMILES string of the molecule is Cc1ccc(NC(=O)CCn2cc([N+](=O)[O-])cn2)cc1S(=O)(=O)N1CCOCC1. The predicted molar refractivity (Wildman–Crippen MR) is 103 cm³/mol. The molecule has 0 bridgehead atoms. The largest absolute Gasteiger partial charge is 0.379 e. The van der Waals surface area contributed by atoms with Gasteiger partial charge in [0.25, 0.3) is 0 Å². The van der Waals surface area contributed by atoms with Crippen LogP contribution in [-0.4, -0.2) is 59.6 Å². The Balaban J connectivity index is 1.67. The van der Waals surface area contributed by atoms with Crippen molar-refractivity contribution in [2.24, 2.45) is 0 Å². The third-order valence-corrected chi connectivity index (χ3v) is 6.50. The number of morpholine rings is 1. The molecule has 1 saturated heterocycles. The van der Waals surface area contributed by atoms with Crippen LogP contribution in [0.15, 0.2) is 35.5 Å². The molecule has 0 atom stereocenters. The minimum atomic E-state index is -3.69. The van der Waals surface area contributed by atoms with E-state index >= 15 is 0 Å². The highest BCUT2D eigenvalue weighted by Crippen LogP contribution is 2.24. The van der Waals surface area contributed by atoms with Gasteiger partial charge in [0, 0.05) is 31.7 Å². The normalized spacial score (nSPS) is 15.2. The number of nitro groups is 1. The lowest BCUT2D eigenvalue weighted by atomic mass is 10.2. The molecule has 0 spiro atoms. The van der Waals surface area contributed by atoms with Gasteiger partial charge in [0.15, 0.2) is 0 Å². The molecule has 1 amide bonds. The smallest absolute Gasteiger partial charge is 0.306 e. The van der Waals surface area contributed by atoms with Crippen molar-refractivity contribution in [3.05, 3.63) is 46.3 Å². The number of aromatic nitrogens is 2. The van der Waals surface area contributed by atoms with Gasteiger partial charge in [-0.05, 0) is 24.6 Å². The molecule has 0 saturated carbocycles. The summed E-state index contributed by atoms with van der Waals surface area (Å²) in [4.78, 5) is 22.4. The van der Waals surface area contributed by atoms with Crippen molar-refractivity contribution in [1.29, 1.82) is 0 Å². The highest BCUT2D eigenvalue weighted by Gasteiger charge is 2.28. The van der Waals surface area contributed by atoms with E-state index in [1.165, 1.54) is 21.3 Å². The van der Waals surface area contributed by atoms with Gasteiger partial charge in [-0.15, -0.1) is 0 Å². The van der Waals surface area contributed by atoms with E-state index < -0.39 is 14.9 Å². The first kappa shape index (κ1) is 20.9. The van der Waals surface area contributed by atoms with E-state index in [2.05, 4.69) is 10.4 Å². The zero-order valence-electron chi connectivity index (χ0n) is 15.8. The van der Waals surface area contributed by atoms with Crippen LogP contribution in [0.5, 0.6) is 0 Å². The summed E-state index contributed by atoms with van der Waals surface area (Å²) in [5.74, 6) is -0.360. The molecule has 1 aliphatic heterocycles. The molecule has 11 nitrogen and oxygen atoms in total. The summed E-state index contributed by atoms with van der Waals surface area (Å²) in [5.41, 5.74) is 0.791. The number of anilines is 1. The Labute approximate surface area is 167 Å². The second-order valence-corrected chi connectivity index (χ2v) is 8.42. The van der Waals surface area contributed by atoms with Gasteiger partial charge >= 0.3 is 5.69 Å². The number of carbonyl (C=O) groups is 1. The lowest BCUT2D eigenvalue weighted by Crippen LogP contribution is -2.40. The van der Waals surface area contributed by atoms with Crippen LogP contribution in [0.25, 0.3) is 0 Å². The highest BCUT2D eigenvalue weighted by molar-refractivity contribution is 7.89. The van der Waals surface area contributed by atoms with Gasteiger partial charge in [-0.25, -0.2) is 8.42 Å². The first-order valence-corrected chi connectivity index (χ1v) is 10.4. The number of carbonyl (C=O) groups excluding carboxylic acids is 1. The quantitative estimate of drug-likeness (QED) is 0.521. The fourth-order valence-electron chi connectivity index (χ4n) is 2.89. The first-order valence-electron chi connectivity index (χ1n) is 8.92. The Hall–Kier alpha value is -2.83. The van der Waals surface area contributed by atoms with Crippen molar-refractivity contribution in [2.75, 3.05) is 31.6 Å². The summed E-state index contributed by atoms with van der Waals surface area (Å²) in [7, 11) is -3.69. The molecule has 1 aliphatic rings. The summed E-state index contributed by atoms with van der Waals surface area (Å²) >= 11 is 0. The van der Waals surface area contributed by atoms with Crippen molar-refractivity contribution in [3.63, 3.8) is 0 Å². The van der Waals surface area contributed by atoms with Crippen molar-refractivity contribution < 1.29 is 22.9 Å². The summed E-state index contributed by atoms with van der Waals surface area (Å²) in [6.07, 6.45) is 2.38. The number of sulfonamides is 1. The monoisotopic (exact) mass is 423 g/mol. The van der Waals surface area contributed by atoms with Crippen LogP contribution in [0, 0.1) is 17.0 Å². The molecule has 2 heterocycles. The maximum atomic E-state index is 12.9. The van der Waals surface area contributed by atoms with Crippen molar-refractivity contribution in [1.82, 2.24) is 14.1 Å². The fourth-order valence-corrected chi connectivity index (χ4v) is 4.55. The number of nitrogens with zero attached hydrogens (tertiary/aromatic N) is 4. The van der Waals surface area contributed by atoms with Crippen LogP contribution in [-0.2, 0) is 26.1 Å². The van der Waals surface area contributed by atoms with Gasteiger partial charge in [-0.3, -0.25) is 19.6 Å². The van der Waals surface area contributed by atoms with Crippen LogP contribution in [0.4, 0.5) is 11.4 Å². The van der Waals surface area contributed by atoms with Crippen molar-refractivity contribution in [3.8, 4) is 0 Å². The number of amides is 1. The predicted octanol–water partition coefficient (Wildman–Crippen LogP) is 1.15. The van der Waals surface area contributed by atoms with Gasteiger partial charge in [-0.2, -0.15) is 9.40 Å². The maximum Gasteiger partial charge on any atom is 0.306 e. The highest BCUT2D eigenvalue weighted by atomic mass is 32.2. The maximum absolute atomic E-state index is 12.9. The van der Waals surface area contributed by atoms with Gasteiger partial charge in [0.1, 0.15) is 12.4 Å². The minimum absolute atomic E-state index is 0.0260. The van der Waals surface area contributed by atoms with E-state index in [1.54, 1.807) is 19.1 Å². The fraction of sp³-hybridized carbons (Fsp3) is 0.412. The van der Waals surface area contributed by atoms with E-state index in [4.69, 9.17) is 4.74 Å². The lowest BCUT2D eigenvalue weighted by molar-refractivity contribution is -0.385. The number of aryl methyl sites for hydroxylation is 2. The number of hydrogen-bond acceptors (Lipinski definition) is 7. The molecule has 1 aromatic carbocycles. The molecule has 0 radical (unpaired) electrons. The molecule has 2 aromatic rings. The number of ether oxygens (including phenoxy) is 1. The minimum Gasteiger partial charge on any atom is -0.379 e. The summed E-state index contributed by atoms with van der Waals surface area (Å²) in [6, 6.07) is 4.71. The third-order valence-electron chi connectivity index (χ3n) is 4.46. The van der Waals surface area contributed by atoms with Crippen LogP contribution in [0.3, 0.4) is 0 Å². The van der Waals surface area contributed by atoms with Gasteiger partial charge in [0.05, 0.1) is 23.0 Å². The van der Waals surface area contributed by atoms with E-state index in [9.17, 15) is 23.3 Å². The molecule has 156 valence electrons. The standard InChI is InChI=1S/C17H21N5O6S/c1-13-2-3-14(10-16(13)29(26,27)21-6-8-28-9-7-21)19-17(23)4-5-20-12-15(11-18-20)22(24)25/h2-3,10-12H,4-9H2,1H3,(H,19,23). The average Bonchev–Trinajstić information content (AvgIpc) is 3.18. The Kier molecular flexibility index (Phi) is 6.25. The molecular formula is C17H21N5O6S. The van der Waals surface area contributed by atoms with E-state index in [0.717, 1.165) is 6.20 Å². The Morgan fingerprint density at radius 2 is 2.07 bits per heavy atom. The zero-order chi connectivity index (χ0) is 21.0. The van der Waals surface area contributed by atoms with Crippen molar-refractivity contribution >= 4 is 27.3 Å². The number of nitrogens with one attached hydrogen (secondary N) is 1. The molecule has 3 rings (SSSR count). The van der Waals surface area contributed by atoms with Gasteiger partial charge < -0.3 is 10.1 Å². The molecule has 0 aliphatic carbocycles. The Morgan fingerprint density at radius 1 is 1.34 bits per heavy atom. The molecular weight excluding hydrogens is 402 g/mol. The van der Waals surface area contributed by atoms with Crippen LogP contribution in [0.1, 0.15) is 12.0 Å². The Morgan fingerprint density at radius 3 is 2.72 bits per heavy atom. The van der Waals surface area contributed by atoms with E-state index in [-0.39, 0.29) is 42.5 Å². The Bertz CT molecular complexity index is 1010. The molecule has 1 aromatic heterocycles. The van der Waals surface area contributed by atoms with Gasteiger partial charge in [-0.1, -0.05) is 6.07 Å². The summed E-state index contributed by atoms with van der Waals surface area (Å²) in [5, 5.41) is 17.2. The van der Waals surface area contributed by atoms with Gasteiger partial charge in [0.2, 0.25) is 15.9 Å². The first-order chi connectivity index (χ1) is 13.8. The van der Waals surface area contributed by atoms with Crippen LogP contribution >= 0.6 is 0 Å². The third kappa shape index (κ3) is 4.96. The second-order valence-electron chi connectivity index (χ2n) is 6.51. The zero-order valence-corrected chi connectivity index (χ0v) is 16.6. The van der Waals surface area contributed by atoms with E-state index in [1.807, 2.05) is 0 Å². The average molecular weight is 423 g/mol. The van der Waals surface area contributed by atoms with Crippen LogP contribution in [0.2, 0.25) is 0 Å². The number of hydrogen-bond donors (Lipinski definition) is 1. The summed E-state index contributed by atoms with van der Waals surface area (Å²) < 4.78 is 33.7. The van der Waals surface area contributed by atoms with Crippen LogP contribution < -0.4 is 5.32 Å². The molecule has 29 heavy (non-hydrogen) atoms. The summed E-state index contributed by atoms with van der Waals surface area (Å²) in [6.45, 7) is 3.12. The van der Waals surface area contributed by atoms with Crippen molar-refractivity contribution in [2.45, 2.75) is 24.8 Å².